The predicted molar refractivity (Wildman–Crippen MR) is 214 cm³/mol. The van der Waals surface area contributed by atoms with E-state index in [2.05, 4.69) is 174 Å². The largest absolute Gasteiger partial charge is 0.508 e. The molecule has 0 N–H and O–H groups in total. The molecule has 0 aliphatic heterocycles. The zero-order valence-corrected chi connectivity index (χ0v) is 34.6. The molecule has 0 fully saturated rings. The third-order valence-electron chi connectivity index (χ3n) is 9.97. The van der Waals surface area contributed by atoms with Gasteiger partial charge in [0.2, 0.25) is 0 Å². The number of fused-ring (bicyclic) bond motifs is 4. The topological polar surface area (TPSA) is 48.8 Å². The Morgan fingerprint density at radius 1 is 0.630 bits per heavy atom. The second-order valence-corrected chi connectivity index (χ2v) is 17.0. The van der Waals surface area contributed by atoms with E-state index in [0.29, 0.717) is 11.5 Å². The van der Waals surface area contributed by atoms with Gasteiger partial charge in [0.05, 0.1) is 16.7 Å². The SMILES string of the molecule is CC(C)(C)c1cc(-[n+]2[c-]n(-c3[c-]c(Oc4[c-]c5c(cc4)c4ccccc4n5-c4cc(C(C)(C)C)ccn4)cnc3)c3ccccc32)cc(C(C)(C)C)c1.[Pt]. The van der Waals surface area contributed by atoms with E-state index in [-0.39, 0.29) is 37.3 Å². The van der Waals surface area contributed by atoms with Crippen molar-refractivity contribution in [2.75, 3.05) is 0 Å². The molecule has 0 unspecified atom stereocenters. The van der Waals surface area contributed by atoms with Gasteiger partial charge in [-0.3, -0.25) is 4.57 Å². The number of pyridine rings is 2. The first kappa shape index (κ1) is 37.3. The normalized spacial score (nSPS) is 12.4. The third-order valence-corrected chi connectivity index (χ3v) is 9.97. The van der Waals surface area contributed by atoms with E-state index in [1.165, 1.54) is 16.7 Å². The standard InChI is InChI=1S/C47H45N5O.Pt/c1-45(2,3)31-20-21-49-44(25-31)52-40-15-11-10-14-38(40)39-19-18-36(27-43(39)52)53-37-26-35(28-48-29-37)51-30-50(41-16-12-13-17-42(41)51)34-23-32(46(4,5)6)22-33(24-34)47(7,8)9;/h10-25,28-29H,1-9H3;/q-2;. The molecule has 4 aromatic carbocycles. The van der Waals surface area contributed by atoms with Crippen molar-refractivity contribution in [1.29, 1.82) is 0 Å². The van der Waals surface area contributed by atoms with Gasteiger partial charge in [0.15, 0.2) is 0 Å². The summed E-state index contributed by atoms with van der Waals surface area (Å²) < 4.78 is 12.8. The molecular formula is C47H45N5OPt-2. The van der Waals surface area contributed by atoms with Crippen LogP contribution in [-0.4, -0.2) is 19.1 Å². The molecule has 0 aliphatic carbocycles. The minimum Gasteiger partial charge on any atom is -0.508 e. The monoisotopic (exact) mass is 890 g/mol. The molecular weight excluding hydrogens is 846 g/mol. The van der Waals surface area contributed by atoms with Crippen molar-refractivity contribution >= 4 is 32.8 Å². The van der Waals surface area contributed by atoms with Gasteiger partial charge in [0.1, 0.15) is 5.82 Å². The third kappa shape index (κ3) is 6.89. The molecule has 0 spiro atoms. The van der Waals surface area contributed by atoms with E-state index in [4.69, 9.17) is 9.72 Å². The van der Waals surface area contributed by atoms with Crippen LogP contribution in [0.25, 0.3) is 50.0 Å². The fourth-order valence-electron chi connectivity index (χ4n) is 6.87. The van der Waals surface area contributed by atoms with Crippen molar-refractivity contribution in [3.63, 3.8) is 0 Å². The van der Waals surface area contributed by atoms with Gasteiger partial charge in [-0.2, -0.15) is 6.07 Å². The van der Waals surface area contributed by atoms with E-state index in [0.717, 1.165) is 50.0 Å². The zero-order valence-electron chi connectivity index (χ0n) is 32.4. The van der Waals surface area contributed by atoms with Crippen molar-refractivity contribution < 1.29 is 30.4 Å². The van der Waals surface area contributed by atoms with Crippen LogP contribution < -0.4 is 9.30 Å². The summed E-state index contributed by atoms with van der Waals surface area (Å²) in [6.07, 6.45) is 9.01. The van der Waals surface area contributed by atoms with Crippen LogP contribution in [0.4, 0.5) is 0 Å². The number of nitrogens with zero attached hydrogens (tertiary/aromatic N) is 5. The fourth-order valence-corrected chi connectivity index (χ4v) is 6.87. The van der Waals surface area contributed by atoms with Crippen molar-refractivity contribution in [1.82, 2.24) is 19.1 Å². The van der Waals surface area contributed by atoms with Gasteiger partial charge in [-0.05, 0) is 80.5 Å². The van der Waals surface area contributed by atoms with Crippen LogP contribution >= 0.6 is 0 Å². The Kier molecular flexibility index (Phi) is 9.42. The smallest absolute Gasteiger partial charge is 0.268 e. The minimum atomic E-state index is -0.0180. The van der Waals surface area contributed by atoms with Crippen LogP contribution in [-0.2, 0) is 37.3 Å². The summed E-state index contributed by atoms with van der Waals surface area (Å²) in [4.78, 5) is 9.41. The van der Waals surface area contributed by atoms with Crippen molar-refractivity contribution in [2.45, 2.75) is 78.6 Å². The first-order valence-electron chi connectivity index (χ1n) is 18.2. The molecule has 54 heavy (non-hydrogen) atoms. The average molecular weight is 891 g/mol. The van der Waals surface area contributed by atoms with E-state index < -0.39 is 0 Å². The van der Waals surface area contributed by atoms with E-state index in [1.807, 2.05) is 22.9 Å². The summed E-state index contributed by atoms with van der Waals surface area (Å²) in [5.74, 6) is 1.89. The molecule has 0 bridgehead atoms. The molecule has 0 aliphatic rings. The Bertz CT molecular complexity index is 2630. The van der Waals surface area contributed by atoms with Crippen molar-refractivity contribution in [3.05, 3.63) is 145 Å². The Morgan fingerprint density at radius 2 is 1.30 bits per heavy atom. The Labute approximate surface area is 332 Å². The number of rotatable bonds is 5. The Hall–Kier alpha value is -5.06. The van der Waals surface area contributed by atoms with Crippen LogP contribution in [0.1, 0.15) is 79.0 Å². The van der Waals surface area contributed by atoms with Crippen molar-refractivity contribution in [2.24, 2.45) is 0 Å². The number of imidazole rings is 1. The maximum Gasteiger partial charge on any atom is 0.268 e. The first-order chi connectivity index (χ1) is 25.1. The molecule has 276 valence electrons. The summed E-state index contributed by atoms with van der Waals surface area (Å²) in [7, 11) is 0. The second-order valence-electron chi connectivity index (χ2n) is 17.0. The van der Waals surface area contributed by atoms with Gasteiger partial charge in [0.25, 0.3) is 6.33 Å². The number of para-hydroxylation sites is 3. The molecule has 0 saturated heterocycles. The summed E-state index contributed by atoms with van der Waals surface area (Å²) >= 11 is 0. The quantitative estimate of drug-likeness (QED) is 0.128. The summed E-state index contributed by atoms with van der Waals surface area (Å²) in [6.45, 7) is 20.2. The van der Waals surface area contributed by atoms with Crippen molar-refractivity contribution in [3.8, 4) is 28.7 Å². The van der Waals surface area contributed by atoms with Crippen LogP contribution in [0.5, 0.6) is 11.5 Å². The molecule has 4 aromatic heterocycles. The van der Waals surface area contributed by atoms with Gasteiger partial charge in [-0.15, -0.1) is 23.6 Å². The molecule has 0 amide bonds. The Morgan fingerprint density at radius 3 is 2.00 bits per heavy atom. The number of hydrogen-bond acceptors (Lipinski definition) is 3. The van der Waals surface area contributed by atoms with Crippen LogP contribution in [0.2, 0.25) is 0 Å². The summed E-state index contributed by atoms with van der Waals surface area (Å²) in [6, 6.07) is 39.0. The number of aromatic nitrogens is 5. The molecule has 7 heteroatoms. The Balaban J connectivity index is 0.00000450. The molecule has 6 nitrogen and oxygen atoms in total. The molecule has 4 heterocycles. The fraction of sp³-hybridized carbons (Fsp3) is 0.255. The second kappa shape index (κ2) is 13.7. The number of ether oxygens (including phenoxy) is 1. The maximum atomic E-state index is 6.48. The van der Waals surface area contributed by atoms with Crippen LogP contribution in [0.15, 0.2) is 110 Å². The van der Waals surface area contributed by atoms with Gasteiger partial charge in [0, 0.05) is 44.3 Å². The first-order valence-corrected chi connectivity index (χ1v) is 18.2. The maximum absolute atomic E-state index is 6.48. The van der Waals surface area contributed by atoms with E-state index >= 15 is 0 Å². The number of benzene rings is 4. The van der Waals surface area contributed by atoms with E-state index in [9.17, 15) is 0 Å². The van der Waals surface area contributed by atoms with Crippen LogP contribution in [0.3, 0.4) is 0 Å². The van der Waals surface area contributed by atoms with E-state index in [1.54, 1.807) is 12.4 Å². The minimum absolute atomic E-state index is 0. The molecule has 8 rings (SSSR count). The number of hydrogen-bond donors (Lipinski definition) is 0. The van der Waals surface area contributed by atoms with Crippen LogP contribution in [0, 0.1) is 18.5 Å². The summed E-state index contributed by atoms with van der Waals surface area (Å²) in [5, 5.41) is 2.21. The molecule has 8 aromatic rings. The van der Waals surface area contributed by atoms with Gasteiger partial charge < -0.3 is 18.9 Å². The van der Waals surface area contributed by atoms with Gasteiger partial charge >= 0.3 is 0 Å². The molecule has 0 atom stereocenters. The van der Waals surface area contributed by atoms with Gasteiger partial charge in [-0.1, -0.05) is 123 Å². The predicted octanol–water partition coefficient (Wildman–Crippen LogP) is 10.9. The zero-order chi connectivity index (χ0) is 37.3. The molecule has 0 radical (unpaired) electrons. The molecule has 0 saturated carbocycles. The summed E-state index contributed by atoms with van der Waals surface area (Å²) in [5.41, 5.74) is 9.51. The van der Waals surface area contributed by atoms with Gasteiger partial charge in [-0.25, -0.2) is 4.98 Å². The average Bonchev–Trinajstić information content (AvgIpc) is 3.67.